The van der Waals surface area contributed by atoms with Crippen LogP contribution in [0.15, 0.2) is 18.2 Å². The zero-order chi connectivity index (χ0) is 12.5. The summed E-state index contributed by atoms with van der Waals surface area (Å²) in [5, 5.41) is 3.71. The van der Waals surface area contributed by atoms with Crippen molar-refractivity contribution in [2.24, 2.45) is 5.92 Å². The Bertz CT molecular complexity index is 425. The second-order valence-corrected chi connectivity index (χ2v) is 5.77. The van der Waals surface area contributed by atoms with E-state index in [4.69, 9.17) is 4.74 Å². The third-order valence-corrected chi connectivity index (χ3v) is 3.99. The van der Waals surface area contributed by atoms with Crippen molar-refractivity contribution in [3.63, 3.8) is 0 Å². The summed E-state index contributed by atoms with van der Waals surface area (Å²) in [5.74, 6) is 1.95. The largest absolute Gasteiger partial charge is 0.490 e. The molecule has 98 valence electrons. The van der Waals surface area contributed by atoms with Crippen molar-refractivity contribution >= 4 is 0 Å². The molecule has 1 aliphatic carbocycles. The fourth-order valence-electron chi connectivity index (χ4n) is 2.92. The maximum absolute atomic E-state index is 5.78. The highest BCUT2D eigenvalue weighted by Gasteiger charge is 2.32. The molecule has 1 aliphatic heterocycles. The van der Waals surface area contributed by atoms with Gasteiger partial charge >= 0.3 is 0 Å². The van der Waals surface area contributed by atoms with E-state index in [1.165, 1.54) is 30.4 Å². The average Bonchev–Trinajstić information content (AvgIpc) is 3.11. The number of hydrogen-bond acceptors (Lipinski definition) is 2. The van der Waals surface area contributed by atoms with E-state index >= 15 is 0 Å². The van der Waals surface area contributed by atoms with Gasteiger partial charge in [0, 0.05) is 12.5 Å². The van der Waals surface area contributed by atoms with E-state index in [2.05, 4.69) is 37.4 Å². The summed E-state index contributed by atoms with van der Waals surface area (Å²) >= 11 is 0. The first-order chi connectivity index (χ1) is 8.78. The zero-order valence-electron chi connectivity index (χ0n) is 11.4. The zero-order valence-corrected chi connectivity index (χ0v) is 11.4. The lowest BCUT2D eigenvalue weighted by molar-refractivity contribution is 0.254. The summed E-state index contributed by atoms with van der Waals surface area (Å²) in [6.07, 6.45) is 5.37. The summed E-state index contributed by atoms with van der Waals surface area (Å²) in [6, 6.07) is 7.34. The van der Waals surface area contributed by atoms with Gasteiger partial charge in [-0.3, -0.25) is 0 Å². The van der Waals surface area contributed by atoms with Crippen LogP contribution < -0.4 is 10.1 Å². The van der Waals surface area contributed by atoms with Gasteiger partial charge in [0.05, 0.1) is 0 Å². The van der Waals surface area contributed by atoms with Crippen LogP contribution in [0.25, 0.3) is 0 Å². The van der Waals surface area contributed by atoms with Gasteiger partial charge in [-0.05, 0) is 55.8 Å². The Labute approximate surface area is 110 Å². The van der Waals surface area contributed by atoms with Gasteiger partial charge in [0.15, 0.2) is 0 Å². The van der Waals surface area contributed by atoms with E-state index in [1.54, 1.807) is 0 Å². The topological polar surface area (TPSA) is 21.3 Å². The van der Waals surface area contributed by atoms with E-state index in [9.17, 15) is 0 Å². The third-order valence-electron chi connectivity index (χ3n) is 3.99. The van der Waals surface area contributed by atoms with Crippen molar-refractivity contribution in [3.8, 4) is 5.75 Å². The molecule has 1 fully saturated rings. The quantitative estimate of drug-likeness (QED) is 0.857. The Morgan fingerprint density at radius 1 is 1.39 bits per heavy atom. The third kappa shape index (κ3) is 2.39. The molecule has 0 aromatic heterocycles. The second-order valence-electron chi connectivity index (χ2n) is 5.77. The van der Waals surface area contributed by atoms with Crippen molar-refractivity contribution in [2.75, 3.05) is 6.54 Å². The van der Waals surface area contributed by atoms with Crippen LogP contribution in [0.3, 0.4) is 0 Å². The van der Waals surface area contributed by atoms with Gasteiger partial charge in [0.2, 0.25) is 0 Å². The Morgan fingerprint density at radius 3 is 2.94 bits per heavy atom. The van der Waals surface area contributed by atoms with Gasteiger partial charge < -0.3 is 10.1 Å². The molecule has 0 radical (unpaired) electrons. The molecule has 2 aliphatic rings. The molecular weight excluding hydrogens is 222 g/mol. The number of fused-ring (bicyclic) bond motifs is 1. The molecule has 2 atom stereocenters. The van der Waals surface area contributed by atoms with E-state index in [-0.39, 0.29) is 0 Å². The van der Waals surface area contributed by atoms with Crippen molar-refractivity contribution in [2.45, 2.75) is 51.7 Å². The van der Waals surface area contributed by atoms with Gasteiger partial charge in [-0.2, -0.15) is 0 Å². The smallest absolute Gasteiger partial charge is 0.123 e. The molecule has 1 aromatic carbocycles. The summed E-state index contributed by atoms with van der Waals surface area (Å²) in [5.41, 5.74) is 2.85. The molecule has 2 heteroatoms. The van der Waals surface area contributed by atoms with Crippen molar-refractivity contribution in [1.29, 1.82) is 0 Å². The minimum atomic E-state index is 0.346. The molecule has 2 nitrogen and oxygen atoms in total. The van der Waals surface area contributed by atoms with Gasteiger partial charge in [0.25, 0.3) is 0 Å². The van der Waals surface area contributed by atoms with Crippen LogP contribution in [0, 0.1) is 5.92 Å². The van der Waals surface area contributed by atoms with Crippen molar-refractivity contribution in [1.82, 2.24) is 5.32 Å². The maximum Gasteiger partial charge on any atom is 0.123 e. The highest BCUT2D eigenvalue weighted by molar-refractivity contribution is 5.41. The predicted molar refractivity (Wildman–Crippen MR) is 74.0 cm³/mol. The number of ether oxygens (including phenoxy) is 1. The minimum absolute atomic E-state index is 0.346. The van der Waals surface area contributed by atoms with E-state index in [0.29, 0.717) is 12.1 Å². The van der Waals surface area contributed by atoms with Gasteiger partial charge in [-0.25, -0.2) is 0 Å². The standard InChI is InChI=1S/C16H23NO/c1-3-8-17-16(12-4-5-12)13-6-7-15-14(10-13)9-11(2)18-15/h6-7,10-12,16-17H,3-5,8-9H2,1-2H3. The first kappa shape index (κ1) is 12.0. The molecular formula is C16H23NO. The number of benzene rings is 1. The molecule has 1 N–H and O–H groups in total. The first-order valence-electron chi connectivity index (χ1n) is 7.30. The van der Waals surface area contributed by atoms with Crippen molar-refractivity contribution < 1.29 is 4.74 Å². The van der Waals surface area contributed by atoms with Crippen LogP contribution in [0.2, 0.25) is 0 Å². The van der Waals surface area contributed by atoms with Gasteiger partial charge in [0.1, 0.15) is 11.9 Å². The Morgan fingerprint density at radius 2 is 2.22 bits per heavy atom. The van der Waals surface area contributed by atoms with E-state index < -0.39 is 0 Å². The highest BCUT2D eigenvalue weighted by atomic mass is 16.5. The molecule has 1 aromatic rings. The highest BCUT2D eigenvalue weighted by Crippen LogP contribution is 2.42. The lowest BCUT2D eigenvalue weighted by atomic mass is 9.98. The lowest BCUT2D eigenvalue weighted by Crippen LogP contribution is -2.23. The maximum atomic E-state index is 5.78. The number of hydrogen-bond donors (Lipinski definition) is 1. The molecule has 3 rings (SSSR count). The molecule has 0 spiro atoms. The van der Waals surface area contributed by atoms with Crippen LogP contribution in [0.5, 0.6) is 5.75 Å². The Kier molecular flexibility index (Phi) is 3.29. The lowest BCUT2D eigenvalue weighted by Gasteiger charge is -2.19. The van der Waals surface area contributed by atoms with E-state index in [1.807, 2.05) is 0 Å². The Balaban J connectivity index is 1.80. The van der Waals surface area contributed by atoms with Crippen LogP contribution >= 0.6 is 0 Å². The average molecular weight is 245 g/mol. The number of rotatable bonds is 5. The molecule has 1 heterocycles. The summed E-state index contributed by atoms with van der Waals surface area (Å²) in [4.78, 5) is 0. The van der Waals surface area contributed by atoms with Gasteiger partial charge in [-0.1, -0.05) is 19.1 Å². The fraction of sp³-hybridized carbons (Fsp3) is 0.625. The fourth-order valence-corrected chi connectivity index (χ4v) is 2.92. The summed E-state index contributed by atoms with van der Waals surface area (Å²) in [6.45, 7) is 5.49. The van der Waals surface area contributed by atoms with Crippen LogP contribution in [0.4, 0.5) is 0 Å². The Hall–Kier alpha value is -1.02. The van der Waals surface area contributed by atoms with Crippen LogP contribution in [-0.4, -0.2) is 12.6 Å². The molecule has 0 amide bonds. The molecule has 1 saturated carbocycles. The normalized spacial score (nSPS) is 23.6. The molecule has 18 heavy (non-hydrogen) atoms. The monoisotopic (exact) mass is 245 g/mol. The number of nitrogens with one attached hydrogen (secondary N) is 1. The molecule has 0 bridgehead atoms. The second kappa shape index (κ2) is 4.93. The molecule has 2 unspecified atom stereocenters. The summed E-state index contributed by atoms with van der Waals surface area (Å²) in [7, 11) is 0. The van der Waals surface area contributed by atoms with E-state index in [0.717, 1.165) is 24.6 Å². The van der Waals surface area contributed by atoms with Gasteiger partial charge in [-0.15, -0.1) is 0 Å². The van der Waals surface area contributed by atoms with Crippen LogP contribution in [0.1, 0.15) is 50.3 Å². The predicted octanol–water partition coefficient (Wildman–Crippen LogP) is 3.46. The first-order valence-corrected chi connectivity index (χ1v) is 7.30. The molecule has 0 saturated heterocycles. The van der Waals surface area contributed by atoms with Crippen molar-refractivity contribution in [3.05, 3.63) is 29.3 Å². The SMILES string of the molecule is CCCNC(c1ccc2c(c1)CC(C)O2)C1CC1. The van der Waals surface area contributed by atoms with Crippen LogP contribution in [-0.2, 0) is 6.42 Å². The summed E-state index contributed by atoms with van der Waals surface area (Å²) < 4.78 is 5.78. The minimum Gasteiger partial charge on any atom is -0.490 e.